The number of urea groups is 1. The van der Waals surface area contributed by atoms with Crippen molar-refractivity contribution in [1.82, 2.24) is 9.80 Å². The smallest absolute Gasteiger partial charge is 0.387 e. The van der Waals surface area contributed by atoms with Gasteiger partial charge in [0.05, 0.1) is 12.6 Å². The van der Waals surface area contributed by atoms with E-state index >= 15 is 0 Å². The number of halogens is 5. The van der Waals surface area contributed by atoms with Crippen LogP contribution in [-0.4, -0.2) is 48.0 Å². The third-order valence-electron chi connectivity index (χ3n) is 5.02. The highest BCUT2D eigenvalue weighted by Crippen LogP contribution is 2.33. The normalized spacial score (nSPS) is 18.0. The summed E-state index contributed by atoms with van der Waals surface area (Å²) in [5, 5.41) is 2.89. The molecule has 2 aromatic carbocycles. The Balaban J connectivity index is 1.72. The van der Waals surface area contributed by atoms with Crippen LogP contribution in [0, 0.1) is 24.4 Å². The highest BCUT2D eigenvalue weighted by atomic mass is 19.3. The fourth-order valence-electron chi connectivity index (χ4n) is 3.42. The zero-order chi connectivity index (χ0) is 23.2. The minimum absolute atomic E-state index is 0.00564. The summed E-state index contributed by atoms with van der Waals surface area (Å²) in [7, 11) is 1.42. The summed E-state index contributed by atoms with van der Waals surface area (Å²) in [5.41, 5.74) is 0.999. The molecule has 1 N–H and O–H groups in total. The number of nitrogens with one attached hydrogen (secondary N) is 1. The highest BCUT2D eigenvalue weighted by Gasteiger charge is 2.41. The van der Waals surface area contributed by atoms with Gasteiger partial charge >= 0.3 is 12.6 Å². The van der Waals surface area contributed by atoms with Crippen molar-refractivity contribution in [3.63, 3.8) is 0 Å². The minimum Gasteiger partial charge on any atom is -0.435 e. The van der Waals surface area contributed by atoms with E-state index in [-0.39, 0.29) is 29.8 Å². The van der Waals surface area contributed by atoms with Crippen LogP contribution in [0.3, 0.4) is 0 Å². The third kappa shape index (κ3) is 3.83. The second-order valence-corrected chi connectivity index (χ2v) is 7.08. The maximum absolute atomic E-state index is 13.8. The molecule has 0 saturated carbocycles. The maximum Gasteiger partial charge on any atom is 0.387 e. The summed E-state index contributed by atoms with van der Waals surface area (Å²) in [6, 6.07) is 4.39. The minimum atomic E-state index is -3.03. The Morgan fingerprint density at radius 1 is 1.16 bits per heavy atom. The number of anilines is 1. The first-order chi connectivity index (χ1) is 15.2. The largest absolute Gasteiger partial charge is 0.435 e. The second-order valence-electron chi connectivity index (χ2n) is 7.08. The molecule has 2 aromatic rings. The van der Waals surface area contributed by atoms with E-state index in [1.54, 1.807) is 6.92 Å². The first kappa shape index (κ1) is 21.5. The lowest BCUT2D eigenvalue weighted by Gasteiger charge is -2.35. The Hall–Kier alpha value is -3.70. The molecule has 2 heterocycles. The van der Waals surface area contributed by atoms with Crippen molar-refractivity contribution in [2.24, 2.45) is 9.98 Å². The first-order valence-electron chi connectivity index (χ1n) is 9.32. The number of rotatable bonds is 4. The Kier molecular flexibility index (Phi) is 5.45. The Bertz CT molecular complexity index is 1130. The van der Waals surface area contributed by atoms with Gasteiger partial charge < -0.3 is 10.1 Å². The number of hydrogen-bond acceptors (Lipinski definition) is 5. The summed E-state index contributed by atoms with van der Waals surface area (Å²) >= 11 is 0. The van der Waals surface area contributed by atoms with Crippen molar-refractivity contribution in [3.8, 4) is 5.75 Å². The fourth-order valence-corrected chi connectivity index (χ4v) is 3.42. The van der Waals surface area contributed by atoms with Crippen molar-refractivity contribution in [1.29, 1.82) is 0 Å². The van der Waals surface area contributed by atoms with Crippen LogP contribution in [0.2, 0.25) is 0 Å². The molecule has 2 aliphatic rings. The van der Waals surface area contributed by atoms with Crippen LogP contribution in [0.1, 0.15) is 17.2 Å². The molecule has 32 heavy (non-hydrogen) atoms. The van der Waals surface area contributed by atoms with Crippen LogP contribution < -0.4 is 10.1 Å². The molecule has 7 nitrogen and oxygen atoms in total. The quantitative estimate of drug-likeness (QED) is 0.555. The Morgan fingerprint density at radius 3 is 2.50 bits per heavy atom. The first-order valence-corrected chi connectivity index (χ1v) is 9.32. The molecule has 0 radical (unpaired) electrons. The van der Waals surface area contributed by atoms with Crippen LogP contribution in [0.4, 0.5) is 32.4 Å². The lowest BCUT2D eigenvalue weighted by molar-refractivity contribution is -0.0498. The van der Waals surface area contributed by atoms with Gasteiger partial charge in [-0.3, -0.25) is 9.80 Å². The highest BCUT2D eigenvalue weighted by molar-refractivity contribution is 6.17. The molecule has 168 valence electrons. The summed E-state index contributed by atoms with van der Waals surface area (Å²) in [6.07, 6.45) is 0. The molecule has 0 aliphatic carbocycles. The molecule has 12 heteroatoms. The van der Waals surface area contributed by atoms with Crippen LogP contribution in [0.5, 0.6) is 5.75 Å². The number of carbonyl (C=O) groups is 1. The number of nitrogens with zero attached hydrogens (tertiary/aromatic N) is 4. The van der Waals surface area contributed by atoms with Crippen molar-refractivity contribution in [2.45, 2.75) is 19.6 Å². The predicted octanol–water partition coefficient (Wildman–Crippen LogP) is 4.26. The van der Waals surface area contributed by atoms with Gasteiger partial charge in [-0.05, 0) is 36.2 Å². The molecule has 0 bridgehead atoms. The number of benzene rings is 2. The van der Waals surface area contributed by atoms with E-state index in [9.17, 15) is 26.7 Å². The molecule has 4 rings (SSSR count). The predicted molar refractivity (Wildman–Crippen MR) is 105 cm³/mol. The monoisotopic (exact) mass is 453 g/mol. The molecule has 2 aliphatic heterocycles. The van der Waals surface area contributed by atoms with Crippen LogP contribution in [0.15, 0.2) is 40.3 Å². The van der Waals surface area contributed by atoms with Gasteiger partial charge in [-0.25, -0.2) is 23.0 Å². The number of guanidine groups is 2. The zero-order valence-electron chi connectivity index (χ0n) is 16.7. The number of ether oxygens (including phenoxy) is 1. The number of fused-ring (bicyclic) bond motifs is 1. The molecule has 0 fully saturated rings. The molecule has 0 spiro atoms. The van der Waals surface area contributed by atoms with Crippen LogP contribution >= 0.6 is 0 Å². The van der Waals surface area contributed by atoms with E-state index in [0.29, 0.717) is 11.3 Å². The third-order valence-corrected chi connectivity index (χ3v) is 5.02. The van der Waals surface area contributed by atoms with Gasteiger partial charge in [-0.15, -0.1) is 0 Å². The van der Waals surface area contributed by atoms with Crippen LogP contribution in [0.25, 0.3) is 0 Å². The van der Waals surface area contributed by atoms with Gasteiger partial charge in [-0.1, -0.05) is 6.07 Å². The van der Waals surface area contributed by atoms with Crippen molar-refractivity contribution in [2.75, 3.05) is 18.9 Å². The van der Waals surface area contributed by atoms with Crippen molar-refractivity contribution < 1.29 is 31.5 Å². The molecule has 0 aromatic heterocycles. The van der Waals surface area contributed by atoms with E-state index in [1.165, 1.54) is 30.1 Å². The molecule has 1 unspecified atom stereocenters. The fraction of sp³-hybridized carbons (Fsp3) is 0.250. The summed E-state index contributed by atoms with van der Waals surface area (Å²) in [5.74, 6) is -4.35. The van der Waals surface area contributed by atoms with Gasteiger partial charge in [0.15, 0.2) is 17.5 Å². The average molecular weight is 453 g/mol. The van der Waals surface area contributed by atoms with Gasteiger partial charge in [0, 0.05) is 18.8 Å². The Morgan fingerprint density at radius 2 is 1.84 bits per heavy atom. The molecule has 1 atom stereocenters. The van der Waals surface area contributed by atoms with Crippen LogP contribution in [-0.2, 0) is 0 Å². The van der Waals surface area contributed by atoms with Gasteiger partial charge in [0.1, 0.15) is 5.75 Å². The standard InChI is InChI=1S/C20H16F5N5O2/c1-9-3-4-11(32-17(24)25)7-14(9)27-18-28-20(31)29(2)19-26-8-15(30(18)19)10-5-12(21)16(23)13(22)6-10/h3-7,15,17H,8H2,1-2H3,(H,27,28,31). The zero-order valence-corrected chi connectivity index (χ0v) is 16.7. The lowest BCUT2D eigenvalue weighted by Crippen LogP contribution is -2.53. The number of amides is 2. The molecule has 0 saturated heterocycles. The van der Waals surface area contributed by atoms with E-state index in [4.69, 9.17) is 0 Å². The topological polar surface area (TPSA) is 69.5 Å². The van der Waals surface area contributed by atoms with E-state index in [0.717, 1.165) is 17.0 Å². The van der Waals surface area contributed by atoms with E-state index < -0.39 is 36.1 Å². The molecule has 2 amide bonds. The van der Waals surface area contributed by atoms with Crippen molar-refractivity contribution >= 4 is 23.6 Å². The van der Waals surface area contributed by atoms with Gasteiger partial charge in [0.2, 0.25) is 11.9 Å². The average Bonchev–Trinajstić information content (AvgIpc) is 3.17. The number of aryl methyl sites for hydroxylation is 1. The SMILES string of the molecule is Cc1ccc(OC(F)F)cc1NC1=NC(=O)N(C)C2=NCC(c3cc(F)c(F)c(F)c3)N12. The van der Waals surface area contributed by atoms with Crippen molar-refractivity contribution in [3.05, 3.63) is 58.9 Å². The van der Waals surface area contributed by atoms with Gasteiger partial charge in [-0.2, -0.15) is 13.8 Å². The second kappa shape index (κ2) is 8.09. The number of aliphatic imine (C=N–C) groups is 2. The lowest BCUT2D eigenvalue weighted by atomic mass is 10.1. The summed E-state index contributed by atoms with van der Waals surface area (Å²) in [6.45, 7) is -1.34. The summed E-state index contributed by atoms with van der Waals surface area (Å²) < 4.78 is 70.7. The van der Waals surface area contributed by atoms with E-state index in [1.807, 2.05) is 0 Å². The molecular weight excluding hydrogens is 437 g/mol. The number of alkyl halides is 2. The maximum atomic E-state index is 13.8. The number of carbonyl (C=O) groups excluding carboxylic acids is 1. The van der Waals surface area contributed by atoms with E-state index in [2.05, 4.69) is 20.0 Å². The van der Waals surface area contributed by atoms with Gasteiger partial charge in [0.25, 0.3) is 0 Å². The summed E-state index contributed by atoms with van der Waals surface area (Å²) in [4.78, 5) is 23.1. The number of hydrogen-bond donors (Lipinski definition) is 1. The molecular formula is C20H16F5N5O2. The Labute approximate surface area is 178 Å².